The van der Waals surface area contributed by atoms with Crippen LogP contribution in [0, 0.1) is 5.92 Å². The second kappa shape index (κ2) is 6.18. The van der Waals surface area contributed by atoms with Crippen LogP contribution in [0.25, 0.3) is 0 Å². The number of nitrogens with one attached hydrogen (secondary N) is 1. The van der Waals surface area contributed by atoms with Gasteiger partial charge < -0.3 is 16.0 Å². The number of nitrogens with two attached hydrogens (primary N) is 1. The minimum atomic E-state index is -0.411. The van der Waals surface area contributed by atoms with Crippen molar-refractivity contribution in [3.63, 3.8) is 0 Å². The van der Waals surface area contributed by atoms with Crippen LogP contribution in [0.5, 0.6) is 0 Å². The van der Waals surface area contributed by atoms with Crippen molar-refractivity contribution >= 4 is 11.8 Å². The van der Waals surface area contributed by atoms with E-state index >= 15 is 0 Å². The van der Waals surface area contributed by atoms with Crippen LogP contribution in [0.1, 0.15) is 38.5 Å². The van der Waals surface area contributed by atoms with Crippen molar-refractivity contribution in [2.24, 2.45) is 11.7 Å². The van der Waals surface area contributed by atoms with Crippen LogP contribution in [0.15, 0.2) is 0 Å². The van der Waals surface area contributed by atoms with Gasteiger partial charge >= 0.3 is 0 Å². The van der Waals surface area contributed by atoms with Gasteiger partial charge in [0.1, 0.15) is 0 Å². The molecule has 1 heterocycles. The van der Waals surface area contributed by atoms with Gasteiger partial charge in [-0.2, -0.15) is 0 Å². The van der Waals surface area contributed by atoms with Crippen molar-refractivity contribution in [2.45, 2.75) is 44.6 Å². The second-order valence-corrected chi connectivity index (χ2v) is 5.41. The first-order valence-electron chi connectivity index (χ1n) is 6.98. The summed E-state index contributed by atoms with van der Waals surface area (Å²) in [6, 6.07) is 0.145. The van der Waals surface area contributed by atoms with Gasteiger partial charge in [0.05, 0.1) is 6.54 Å². The maximum atomic E-state index is 12.5. The number of hydrogen-bond donors (Lipinski definition) is 2. The molecule has 5 heteroatoms. The molecule has 1 saturated carbocycles. The average molecular weight is 253 g/mol. The maximum Gasteiger partial charge on any atom is 0.237 e. The SMILES string of the molecule is NC(=O)CN(C(=O)C1CCCCC1)C1CCNC1. The number of hydrogen-bond acceptors (Lipinski definition) is 3. The highest BCUT2D eigenvalue weighted by atomic mass is 16.2. The molecule has 0 aromatic heterocycles. The summed E-state index contributed by atoms with van der Waals surface area (Å²) >= 11 is 0. The Balaban J connectivity index is 2.01. The van der Waals surface area contributed by atoms with Crippen LogP contribution in [-0.4, -0.2) is 42.4 Å². The molecule has 0 bridgehead atoms. The number of amides is 2. The van der Waals surface area contributed by atoms with Gasteiger partial charge in [0.25, 0.3) is 0 Å². The standard InChI is InChI=1S/C13H23N3O2/c14-12(17)9-16(11-6-7-15-8-11)13(18)10-4-2-1-3-5-10/h10-11,15H,1-9H2,(H2,14,17). The molecule has 5 nitrogen and oxygen atoms in total. The van der Waals surface area contributed by atoms with Gasteiger partial charge in [-0.1, -0.05) is 19.3 Å². The summed E-state index contributed by atoms with van der Waals surface area (Å²) < 4.78 is 0. The molecule has 2 fully saturated rings. The van der Waals surface area contributed by atoms with E-state index in [0.29, 0.717) is 0 Å². The highest BCUT2D eigenvalue weighted by molar-refractivity contribution is 5.85. The van der Waals surface area contributed by atoms with Crippen LogP contribution in [0.3, 0.4) is 0 Å². The van der Waals surface area contributed by atoms with Gasteiger partial charge in [-0.3, -0.25) is 9.59 Å². The van der Waals surface area contributed by atoms with Crippen molar-refractivity contribution in [1.82, 2.24) is 10.2 Å². The van der Waals surface area contributed by atoms with Gasteiger partial charge in [-0.25, -0.2) is 0 Å². The highest BCUT2D eigenvalue weighted by Gasteiger charge is 2.32. The van der Waals surface area contributed by atoms with Gasteiger partial charge in [-0.05, 0) is 25.8 Å². The van der Waals surface area contributed by atoms with Gasteiger partial charge in [-0.15, -0.1) is 0 Å². The maximum absolute atomic E-state index is 12.5. The molecule has 1 atom stereocenters. The van der Waals surface area contributed by atoms with Crippen molar-refractivity contribution in [3.05, 3.63) is 0 Å². The fourth-order valence-electron chi connectivity index (χ4n) is 3.04. The molecule has 1 saturated heterocycles. The van der Waals surface area contributed by atoms with Crippen LogP contribution in [0.2, 0.25) is 0 Å². The Morgan fingerprint density at radius 2 is 1.89 bits per heavy atom. The average Bonchev–Trinajstić information content (AvgIpc) is 2.89. The molecule has 0 aromatic rings. The van der Waals surface area contributed by atoms with E-state index in [0.717, 1.165) is 45.2 Å². The van der Waals surface area contributed by atoms with Gasteiger partial charge in [0, 0.05) is 18.5 Å². The lowest BCUT2D eigenvalue weighted by Crippen LogP contribution is -2.48. The largest absolute Gasteiger partial charge is 0.368 e. The predicted molar refractivity (Wildman–Crippen MR) is 68.8 cm³/mol. The Kier molecular flexibility index (Phi) is 4.58. The first kappa shape index (κ1) is 13.3. The Labute approximate surface area is 108 Å². The molecule has 18 heavy (non-hydrogen) atoms. The molecule has 1 aliphatic heterocycles. The molecule has 2 amide bonds. The summed E-state index contributed by atoms with van der Waals surface area (Å²) in [5.41, 5.74) is 5.28. The number of primary amides is 1. The van der Waals surface area contributed by atoms with Crippen LogP contribution in [-0.2, 0) is 9.59 Å². The van der Waals surface area contributed by atoms with E-state index < -0.39 is 5.91 Å². The number of rotatable bonds is 4. The molecule has 0 spiro atoms. The zero-order chi connectivity index (χ0) is 13.0. The fourth-order valence-corrected chi connectivity index (χ4v) is 3.04. The van der Waals surface area contributed by atoms with E-state index in [1.807, 2.05) is 0 Å². The first-order valence-corrected chi connectivity index (χ1v) is 6.98. The molecule has 1 unspecified atom stereocenters. The Morgan fingerprint density at radius 3 is 2.44 bits per heavy atom. The highest BCUT2D eigenvalue weighted by Crippen LogP contribution is 2.26. The molecule has 1 aliphatic carbocycles. The zero-order valence-corrected chi connectivity index (χ0v) is 10.9. The Hall–Kier alpha value is -1.10. The van der Waals surface area contributed by atoms with Crippen molar-refractivity contribution in [2.75, 3.05) is 19.6 Å². The van der Waals surface area contributed by atoms with Crippen molar-refractivity contribution in [3.8, 4) is 0 Å². The summed E-state index contributed by atoms with van der Waals surface area (Å²) in [6.45, 7) is 1.77. The molecule has 3 N–H and O–H groups in total. The topological polar surface area (TPSA) is 75.4 Å². The Morgan fingerprint density at radius 1 is 1.17 bits per heavy atom. The van der Waals surface area contributed by atoms with E-state index in [2.05, 4.69) is 5.32 Å². The lowest BCUT2D eigenvalue weighted by Gasteiger charge is -2.32. The molecular weight excluding hydrogens is 230 g/mol. The smallest absolute Gasteiger partial charge is 0.237 e. The third kappa shape index (κ3) is 3.22. The molecule has 102 valence electrons. The van der Waals surface area contributed by atoms with Crippen molar-refractivity contribution in [1.29, 1.82) is 0 Å². The van der Waals surface area contributed by atoms with E-state index in [9.17, 15) is 9.59 Å². The molecule has 2 aliphatic rings. The van der Waals surface area contributed by atoms with E-state index in [4.69, 9.17) is 5.73 Å². The Bertz CT molecular complexity index is 307. The number of carbonyl (C=O) groups excluding carboxylic acids is 2. The summed E-state index contributed by atoms with van der Waals surface area (Å²) in [5, 5.41) is 3.24. The predicted octanol–water partition coefficient (Wildman–Crippen LogP) is 0.242. The minimum absolute atomic E-state index is 0.0711. The number of carbonyl (C=O) groups is 2. The fraction of sp³-hybridized carbons (Fsp3) is 0.846. The second-order valence-electron chi connectivity index (χ2n) is 5.41. The third-order valence-corrected chi connectivity index (χ3v) is 4.04. The first-order chi connectivity index (χ1) is 8.68. The quantitative estimate of drug-likeness (QED) is 0.753. The van der Waals surface area contributed by atoms with Crippen LogP contribution in [0.4, 0.5) is 0 Å². The molecular formula is C13H23N3O2. The lowest BCUT2D eigenvalue weighted by molar-refractivity contribution is -0.141. The zero-order valence-electron chi connectivity index (χ0n) is 10.9. The molecule has 0 radical (unpaired) electrons. The summed E-state index contributed by atoms with van der Waals surface area (Å²) in [4.78, 5) is 25.4. The monoisotopic (exact) mass is 253 g/mol. The molecule has 0 aromatic carbocycles. The van der Waals surface area contributed by atoms with E-state index in [1.165, 1.54) is 6.42 Å². The van der Waals surface area contributed by atoms with Crippen LogP contribution >= 0.6 is 0 Å². The minimum Gasteiger partial charge on any atom is -0.368 e. The van der Waals surface area contributed by atoms with E-state index in [-0.39, 0.29) is 24.4 Å². The third-order valence-electron chi connectivity index (χ3n) is 4.04. The lowest BCUT2D eigenvalue weighted by atomic mass is 9.88. The molecule has 2 rings (SSSR count). The van der Waals surface area contributed by atoms with Crippen LogP contribution < -0.4 is 11.1 Å². The van der Waals surface area contributed by atoms with Gasteiger partial charge in [0.2, 0.25) is 11.8 Å². The normalized spacial score (nSPS) is 25.0. The summed E-state index contributed by atoms with van der Waals surface area (Å²) in [6.07, 6.45) is 6.34. The number of nitrogens with zero attached hydrogens (tertiary/aromatic N) is 1. The van der Waals surface area contributed by atoms with Crippen molar-refractivity contribution < 1.29 is 9.59 Å². The summed E-state index contributed by atoms with van der Waals surface area (Å²) in [5.74, 6) is -0.160. The summed E-state index contributed by atoms with van der Waals surface area (Å²) in [7, 11) is 0. The van der Waals surface area contributed by atoms with Gasteiger partial charge in [0.15, 0.2) is 0 Å². The van der Waals surface area contributed by atoms with E-state index in [1.54, 1.807) is 4.90 Å².